The normalized spacial score (nSPS) is 28.8. The number of hydrogen-bond acceptors (Lipinski definition) is 3. The minimum atomic E-state index is -0.537. The third kappa shape index (κ3) is 2.18. The number of nitrogens with one attached hydrogen (secondary N) is 1. The molecule has 1 rings (SSSR count). The molecule has 1 unspecified atom stereocenters. The van der Waals surface area contributed by atoms with Gasteiger partial charge in [0.1, 0.15) is 0 Å². The van der Waals surface area contributed by atoms with E-state index in [4.69, 9.17) is 9.84 Å². The molecule has 0 aliphatic carbocycles. The summed E-state index contributed by atoms with van der Waals surface area (Å²) >= 11 is 3.04. The SMILES string of the molecule is O=C(CBr)NC1(CO)CCOC1. The van der Waals surface area contributed by atoms with Crippen molar-refractivity contribution >= 4 is 21.8 Å². The predicted molar refractivity (Wildman–Crippen MR) is 47.2 cm³/mol. The summed E-state index contributed by atoms with van der Waals surface area (Å²) in [5, 5.41) is 12.0. The molecule has 0 spiro atoms. The molecule has 1 saturated heterocycles. The Morgan fingerprint density at radius 1 is 1.75 bits per heavy atom. The van der Waals surface area contributed by atoms with E-state index in [-0.39, 0.29) is 17.8 Å². The molecule has 0 bridgehead atoms. The number of aliphatic hydroxyl groups is 1. The third-order valence-corrected chi connectivity index (χ3v) is 2.44. The van der Waals surface area contributed by atoms with Gasteiger partial charge in [-0.05, 0) is 6.42 Å². The molecule has 70 valence electrons. The number of ether oxygens (including phenoxy) is 1. The molecule has 0 aromatic carbocycles. The monoisotopic (exact) mass is 237 g/mol. The van der Waals surface area contributed by atoms with Crippen LogP contribution in [0.2, 0.25) is 0 Å². The minimum Gasteiger partial charge on any atom is -0.394 e. The number of amides is 1. The summed E-state index contributed by atoms with van der Waals surface area (Å²) < 4.78 is 5.11. The van der Waals surface area contributed by atoms with Crippen LogP contribution >= 0.6 is 15.9 Å². The number of carbonyl (C=O) groups is 1. The summed E-state index contributed by atoms with van der Waals surface area (Å²) in [5.41, 5.74) is -0.537. The first-order chi connectivity index (χ1) is 5.72. The number of carbonyl (C=O) groups excluding carboxylic acids is 1. The fourth-order valence-corrected chi connectivity index (χ4v) is 1.34. The molecule has 0 aromatic rings. The van der Waals surface area contributed by atoms with Gasteiger partial charge in [0.05, 0.1) is 24.1 Å². The van der Waals surface area contributed by atoms with Crippen molar-refractivity contribution < 1.29 is 14.6 Å². The largest absolute Gasteiger partial charge is 0.394 e. The Hall–Kier alpha value is -0.130. The van der Waals surface area contributed by atoms with Crippen molar-refractivity contribution in [2.24, 2.45) is 0 Å². The van der Waals surface area contributed by atoms with Crippen LogP contribution in [0.4, 0.5) is 0 Å². The Balaban J connectivity index is 2.49. The van der Waals surface area contributed by atoms with E-state index >= 15 is 0 Å². The van der Waals surface area contributed by atoms with Crippen molar-refractivity contribution in [3.63, 3.8) is 0 Å². The predicted octanol–water partition coefficient (Wildman–Crippen LogP) is -0.351. The molecule has 1 fully saturated rings. The van der Waals surface area contributed by atoms with Crippen LogP contribution < -0.4 is 5.32 Å². The number of alkyl halides is 1. The zero-order valence-corrected chi connectivity index (χ0v) is 8.26. The lowest BCUT2D eigenvalue weighted by atomic mass is 10.0. The van der Waals surface area contributed by atoms with E-state index in [2.05, 4.69) is 21.2 Å². The van der Waals surface area contributed by atoms with Gasteiger partial charge in [-0.3, -0.25) is 4.79 Å². The second-order valence-corrected chi connectivity index (χ2v) is 3.48. The Kier molecular flexibility index (Phi) is 3.49. The van der Waals surface area contributed by atoms with E-state index < -0.39 is 5.54 Å². The van der Waals surface area contributed by atoms with Gasteiger partial charge in [0.25, 0.3) is 0 Å². The number of hydrogen-bond donors (Lipinski definition) is 2. The highest BCUT2D eigenvalue weighted by molar-refractivity contribution is 9.09. The lowest BCUT2D eigenvalue weighted by Crippen LogP contribution is -2.52. The molecule has 1 aliphatic rings. The van der Waals surface area contributed by atoms with Crippen LogP contribution in [-0.4, -0.2) is 41.7 Å². The Morgan fingerprint density at radius 3 is 2.92 bits per heavy atom. The highest BCUT2D eigenvalue weighted by atomic mass is 79.9. The second-order valence-electron chi connectivity index (χ2n) is 2.92. The molecule has 1 aliphatic heterocycles. The zero-order chi connectivity index (χ0) is 9.03. The fourth-order valence-electron chi connectivity index (χ4n) is 1.20. The van der Waals surface area contributed by atoms with Gasteiger partial charge >= 0.3 is 0 Å². The van der Waals surface area contributed by atoms with Crippen LogP contribution in [0.1, 0.15) is 6.42 Å². The molecular formula is C7H12BrNO3. The number of rotatable bonds is 3. The van der Waals surface area contributed by atoms with Crippen molar-refractivity contribution in [2.75, 3.05) is 25.2 Å². The van der Waals surface area contributed by atoms with E-state index in [0.29, 0.717) is 19.6 Å². The van der Waals surface area contributed by atoms with Crippen molar-refractivity contribution in [3.05, 3.63) is 0 Å². The van der Waals surface area contributed by atoms with Crippen LogP contribution in [0.15, 0.2) is 0 Å². The molecule has 0 aromatic heterocycles. The summed E-state index contributed by atoms with van der Waals surface area (Å²) in [4.78, 5) is 11.0. The average Bonchev–Trinajstić information content (AvgIpc) is 2.54. The molecule has 1 heterocycles. The fraction of sp³-hybridized carbons (Fsp3) is 0.857. The first kappa shape index (κ1) is 9.95. The van der Waals surface area contributed by atoms with Gasteiger partial charge < -0.3 is 15.2 Å². The third-order valence-electron chi connectivity index (χ3n) is 1.93. The van der Waals surface area contributed by atoms with Crippen molar-refractivity contribution in [2.45, 2.75) is 12.0 Å². The second kappa shape index (κ2) is 4.20. The lowest BCUT2D eigenvalue weighted by Gasteiger charge is -2.25. The highest BCUT2D eigenvalue weighted by Gasteiger charge is 2.35. The molecule has 1 atom stereocenters. The summed E-state index contributed by atoms with van der Waals surface area (Å²) in [6, 6.07) is 0. The smallest absolute Gasteiger partial charge is 0.231 e. The summed E-state index contributed by atoms with van der Waals surface area (Å²) in [5.74, 6) is -0.116. The molecule has 5 heteroatoms. The molecule has 0 saturated carbocycles. The lowest BCUT2D eigenvalue weighted by molar-refractivity contribution is -0.121. The van der Waals surface area contributed by atoms with Gasteiger partial charge in [0, 0.05) is 6.61 Å². The van der Waals surface area contributed by atoms with Crippen molar-refractivity contribution in [3.8, 4) is 0 Å². The molecule has 12 heavy (non-hydrogen) atoms. The zero-order valence-electron chi connectivity index (χ0n) is 6.68. The van der Waals surface area contributed by atoms with Crippen molar-refractivity contribution in [1.29, 1.82) is 0 Å². The standard InChI is InChI=1S/C7H12BrNO3/c8-3-6(11)9-7(4-10)1-2-12-5-7/h10H,1-5H2,(H,9,11). The quantitative estimate of drug-likeness (QED) is 0.660. The minimum absolute atomic E-state index is 0.0637. The van der Waals surface area contributed by atoms with E-state index in [9.17, 15) is 4.79 Å². The molecule has 2 N–H and O–H groups in total. The van der Waals surface area contributed by atoms with Crippen LogP contribution in [0.3, 0.4) is 0 Å². The average molecular weight is 238 g/mol. The molecular weight excluding hydrogens is 226 g/mol. The molecule has 0 radical (unpaired) electrons. The van der Waals surface area contributed by atoms with Gasteiger partial charge in [-0.25, -0.2) is 0 Å². The van der Waals surface area contributed by atoms with E-state index in [1.807, 2.05) is 0 Å². The number of halogens is 1. The first-order valence-corrected chi connectivity index (χ1v) is 4.90. The van der Waals surface area contributed by atoms with Gasteiger partial charge in [0.2, 0.25) is 5.91 Å². The topological polar surface area (TPSA) is 58.6 Å². The Labute approximate surface area is 79.4 Å². The maximum absolute atomic E-state index is 11.0. The van der Waals surface area contributed by atoms with Gasteiger partial charge in [-0.2, -0.15) is 0 Å². The van der Waals surface area contributed by atoms with E-state index in [1.165, 1.54) is 0 Å². The Morgan fingerprint density at radius 2 is 2.50 bits per heavy atom. The van der Waals surface area contributed by atoms with Crippen LogP contribution in [0, 0.1) is 0 Å². The Bertz CT molecular complexity index is 168. The van der Waals surface area contributed by atoms with Gasteiger partial charge in [0.15, 0.2) is 0 Å². The van der Waals surface area contributed by atoms with Crippen LogP contribution in [0.25, 0.3) is 0 Å². The van der Waals surface area contributed by atoms with Gasteiger partial charge in [-0.1, -0.05) is 15.9 Å². The summed E-state index contributed by atoms with van der Waals surface area (Å²) in [7, 11) is 0. The first-order valence-electron chi connectivity index (χ1n) is 3.78. The van der Waals surface area contributed by atoms with E-state index in [0.717, 1.165) is 0 Å². The van der Waals surface area contributed by atoms with Crippen LogP contribution in [-0.2, 0) is 9.53 Å². The van der Waals surface area contributed by atoms with Crippen molar-refractivity contribution in [1.82, 2.24) is 5.32 Å². The number of aliphatic hydroxyl groups excluding tert-OH is 1. The van der Waals surface area contributed by atoms with Gasteiger partial charge in [-0.15, -0.1) is 0 Å². The maximum atomic E-state index is 11.0. The van der Waals surface area contributed by atoms with Crippen LogP contribution in [0.5, 0.6) is 0 Å². The molecule has 1 amide bonds. The maximum Gasteiger partial charge on any atom is 0.231 e. The summed E-state index contributed by atoms with van der Waals surface area (Å²) in [6.07, 6.45) is 0.683. The highest BCUT2D eigenvalue weighted by Crippen LogP contribution is 2.17. The molecule has 4 nitrogen and oxygen atoms in total. The van der Waals surface area contributed by atoms with E-state index in [1.54, 1.807) is 0 Å². The summed E-state index contributed by atoms with van der Waals surface area (Å²) in [6.45, 7) is 0.942.